The van der Waals surface area contributed by atoms with Crippen LogP contribution in [0.25, 0.3) is 10.1 Å². The van der Waals surface area contributed by atoms with Crippen LogP contribution in [-0.2, 0) is 4.74 Å². The Morgan fingerprint density at radius 1 is 1.26 bits per heavy atom. The maximum absolute atomic E-state index is 12.4. The fraction of sp³-hybridized carbons (Fsp3) is 0.357. The Bertz CT molecular complexity index is 647. The molecule has 1 fully saturated rings. The van der Waals surface area contributed by atoms with Crippen LogP contribution in [0.1, 0.15) is 0 Å². The molecule has 0 amide bonds. The minimum Gasteiger partial charge on any atom is -0.490 e. The molecule has 4 nitrogen and oxygen atoms in total. The zero-order valence-corrected chi connectivity index (χ0v) is 11.5. The highest BCUT2D eigenvalue weighted by Gasteiger charge is 2.20. The van der Waals surface area contributed by atoms with Gasteiger partial charge < -0.3 is 14.4 Å². The number of fused-ring (bicyclic) bond motifs is 1. The second-order valence-electron chi connectivity index (χ2n) is 4.37. The molecule has 1 saturated heterocycles. The molecule has 2 aromatic rings. The van der Waals surface area contributed by atoms with E-state index in [1.807, 2.05) is 24.3 Å². The normalized spacial score (nSPS) is 15.7. The quantitative estimate of drug-likeness (QED) is 0.842. The summed E-state index contributed by atoms with van der Waals surface area (Å²) >= 11 is 1.60. The summed E-state index contributed by atoms with van der Waals surface area (Å²) < 4.78 is 11.7. The topological polar surface area (TPSA) is 38.8 Å². The second kappa shape index (κ2) is 5.19. The van der Waals surface area contributed by atoms with Gasteiger partial charge in [-0.15, -0.1) is 11.3 Å². The molecule has 1 aliphatic heterocycles. The van der Waals surface area contributed by atoms with E-state index in [2.05, 4.69) is 4.90 Å². The third-order valence-electron chi connectivity index (χ3n) is 3.24. The van der Waals surface area contributed by atoms with E-state index in [0.717, 1.165) is 28.2 Å². The first-order valence-electron chi connectivity index (χ1n) is 6.24. The number of ether oxygens (including phenoxy) is 2. The Morgan fingerprint density at radius 3 is 2.74 bits per heavy atom. The molecule has 3 rings (SSSR count). The Hall–Kier alpha value is -1.59. The van der Waals surface area contributed by atoms with Crippen LogP contribution in [-0.4, -0.2) is 33.4 Å². The summed E-state index contributed by atoms with van der Waals surface area (Å²) in [5.74, 6) is 0.450. The van der Waals surface area contributed by atoms with Gasteiger partial charge in [0.25, 0.3) is 0 Å². The highest BCUT2D eigenvalue weighted by Crippen LogP contribution is 2.34. The van der Waals surface area contributed by atoms with Crippen molar-refractivity contribution in [2.75, 3.05) is 38.3 Å². The molecule has 1 aromatic carbocycles. The Balaban J connectivity index is 2.19. The van der Waals surface area contributed by atoms with E-state index in [-0.39, 0.29) is 5.43 Å². The van der Waals surface area contributed by atoms with E-state index >= 15 is 0 Å². The van der Waals surface area contributed by atoms with Gasteiger partial charge in [0.05, 0.1) is 20.3 Å². The minimum absolute atomic E-state index is 0.0293. The van der Waals surface area contributed by atoms with Crippen molar-refractivity contribution in [3.63, 3.8) is 0 Å². The molecule has 0 aliphatic carbocycles. The van der Waals surface area contributed by atoms with Gasteiger partial charge in [0.15, 0.2) is 0 Å². The lowest BCUT2D eigenvalue weighted by Crippen LogP contribution is -2.36. The van der Waals surface area contributed by atoms with Crippen LogP contribution in [0.3, 0.4) is 0 Å². The molecule has 1 aliphatic rings. The maximum Gasteiger partial charge on any atom is 0.232 e. The van der Waals surface area contributed by atoms with Crippen molar-refractivity contribution in [1.82, 2.24) is 0 Å². The van der Waals surface area contributed by atoms with Gasteiger partial charge in [-0.25, -0.2) is 0 Å². The van der Waals surface area contributed by atoms with Gasteiger partial charge in [-0.2, -0.15) is 0 Å². The number of methoxy groups -OCH3 is 1. The average Bonchev–Trinajstić information content (AvgIpc) is 2.48. The van der Waals surface area contributed by atoms with Gasteiger partial charge >= 0.3 is 0 Å². The summed E-state index contributed by atoms with van der Waals surface area (Å²) in [5, 5.41) is 1.64. The molecule has 0 spiro atoms. The Kier molecular flexibility index (Phi) is 3.40. The van der Waals surface area contributed by atoms with Gasteiger partial charge in [-0.05, 0) is 12.1 Å². The Labute approximate surface area is 115 Å². The predicted molar refractivity (Wildman–Crippen MR) is 77.7 cm³/mol. The third-order valence-corrected chi connectivity index (χ3v) is 4.45. The molecule has 0 unspecified atom stereocenters. The number of benzene rings is 1. The van der Waals surface area contributed by atoms with Gasteiger partial charge in [-0.1, -0.05) is 12.1 Å². The van der Waals surface area contributed by atoms with Crippen LogP contribution in [0, 0.1) is 0 Å². The summed E-state index contributed by atoms with van der Waals surface area (Å²) in [6.07, 6.45) is 0. The fourth-order valence-corrected chi connectivity index (χ4v) is 3.47. The number of morpholine rings is 1. The lowest BCUT2D eigenvalue weighted by atomic mass is 10.2. The van der Waals surface area contributed by atoms with Crippen molar-refractivity contribution < 1.29 is 9.47 Å². The van der Waals surface area contributed by atoms with Gasteiger partial charge in [0.1, 0.15) is 5.00 Å². The van der Waals surface area contributed by atoms with E-state index in [1.165, 1.54) is 0 Å². The van der Waals surface area contributed by atoms with Crippen LogP contribution in [0.2, 0.25) is 0 Å². The summed E-state index contributed by atoms with van der Waals surface area (Å²) in [7, 11) is 1.56. The van der Waals surface area contributed by atoms with Crippen LogP contribution in [0.15, 0.2) is 29.1 Å². The molecular formula is C14H15NO3S. The highest BCUT2D eigenvalue weighted by atomic mass is 32.1. The van der Waals surface area contributed by atoms with Crippen LogP contribution in [0.4, 0.5) is 5.00 Å². The van der Waals surface area contributed by atoms with E-state index in [4.69, 9.17) is 9.47 Å². The van der Waals surface area contributed by atoms with Crippen molar-refractivity contribution in [3.8, 4) is 5.75 Å². The molecule has 100 valence electrons. The van der Waals surface area contributed by atoms with Crippen LogP contribution < -0.4 is 15.1 Å². The first-order valence-corrected chi connectivity index (χ1v) is 7.05. The third kappa shape index (κ3) is 2.19. The van der Waals surface area contributed by atoms with E-state index in [1.54, 1.807) is 18.4 Å². The average molecular weight is 277 g/mol. The van der Waals surface area contributed by atoms with Gasteiger partial charge in [0.2, 0.25) is 11.2 Å². The molecule has 19 heavy (non-hydrogen) atoms. The molecule has 0 bridgehead atoms. The number of anilines is 1. The molecule has 0 N–H and O–H groups in total. The van der Waals surface area contributed by atoms with Crippen molar-refractivity contribution in [1.29, 1.82) is 0 Å². The number of hydrogen-bond donors (Lipinski definition) is 0. The van der Waals surface area contributed by atoms with Crippen molar-refractivity contribution in [3.05, 3.63) is 34.5 Å². The first-order chi connectivity index (χ1) is 9.31. The van der Waals surface area contributed by atoms with E-state index < -0.39 is 0 Å². The zero-order chi connectivity index (χ0) is 13.2. The molecule has 0 saturated carbocycles. The smallest absolute Gasteiger partial charge is 0.232 e. The summed E-state index contributed by atoms with van der Waals surface area (Å²) in [5.41, 5.74) is -0.0293. The standard InChI is InChI=1S/C14H15NO3S/c1-17-13-12(16)10-4-2-3-5-11(10)19-14(13)15-6-8-18-9-7-15/h2-5H,6-9H2,1H3. The van der Waals surface area contributed by atoms with Crippen LogP contribution in [0.5, 0.6) is 5.75 Å². The fourth-order valence-electron chi connectivity index (χ4n) is 2.27. The summed E-state index contributed by atoms with van der Waals surface area (Å²) in [6.45, 7) is 2.98. The largest absolute Gasteiger partial charge is 0.490 e. The molecule has 5 heteroatoms. The van der Waals surface area contributed by atoms with Crippen molar-refractivity contribution >= 4 is 26.4 Å². The van der Waals surface area contributed by atoms with Crippen LogP contribution >= 0.6 is 11.3 Å². The zero-order valence-electron chi connectivity index (χ0n) is 10.7. The second-order valence-corrected chi connectivity index (χ2v) is 5.40. The maximum atomic E-state index is 12.4. The first kappa shape index (κ1) is 12.4. The summed E-state index contributed by atoms with van der Waals surface area (Å²) in [4.78, 5) is 14.6. The summed E-state index contributed by atoms with van der Waals surface area (Å²) in [6, 6.07) is 7.66. The number of nitrogens with zero attached hydrogens (tertiary/aromatic N) is 1. The number of hydrogen-bond acceptors (Lipinski definition) is 5. The molecule has 0 radical (unpaired) electrons. The predicted octanol–water partition coefficient (Wildman–Crippen LogP) is 2.11. The monoisotopic (exact) mass is 277 g/mol. The van der Waals surface area contributed by atoms with E-state index in [0.29, 0.717) is 19.0 Å². The van der Waals surface area contributed by atoms with E-state index in [9.17, 15) is 4.79 Å². The Morgan fingerprint density at radius 2 is 2.00 bits per heavy atom. The van der Waals surface area contributed by atoms with Gasteiger partial charge in [-0.3, -0.25) is 4.79 Å². The molecule has 0 atom stereocenters. The lowest BCUT2D eigenvalue weighted by Gasteiger charge is -2.29. The van der Waals surface area contributed by atoms with Crippen molar-refractivity contribution in [2.45, 2.75) is 0 Å². The number of rotatable bonds is 2. The molecule has 1 aromatic heterocycles. The van der Waals surface area contributed by atoms with Crippen molar-refractivity contribution in [2.24, 2.45) is 0 Å². The molecule has 2 heterocycles. The highest BCUT2D eigenvalue weighted by molar-refractivity contribution is 7.22. The van der Waals surface area contributed by atoms with Gasteiger partial charge in [0, 0.05) is 23.2 Å². The SMILES string of the molecule is COc1c(N2CCOCC2)sc2ccccc2c1=O. The lowest BCUT2D eigenvalue weighted by molar-refractivity contribution is 0.122. The minimum atomic E-state index is -0.0293. The molecular weight excluding hydrogens is 262 g/mol.